The first kappa shape index (κ1) is 9.77. The second-order valence-corrected chi connectivity index (χ2v) is 4.70. The molecule has 0 saturated heterocycles. The summed E-state index contributed by atoms with van der Waals surface area (Å²) < 4.78 is 2.29. The smallest absolute Gasteiger partial charge is 0.337 e. The third-order valence-electron chi connectivity index (χ3n) is 2.72. The van der Waals surface area contributed by atoms with Gasteiger partial charge in [-0.3, -0.25) is 0 Å². The molecule has 2 aromatic heterocycles. The highest BCUT2D eigenvalue weighted by Gasteiger charge is 2.31. The largest absolute Gasteiger partial charge is 0.478 e. The highest BCUT2D eigenvalue weighted by atomic mass is 79.9. The average Bonchev–Trinajstić information content (AvgIpc) is 2.97. The molecule has 16 heavy (non-hydrogen) atoms. The summed E-state index contributed by atoms with van der Waals surface area (Å²) in [6, 6.07) is 0. The van der Waals surface area contributed by atoms with Gasteiger partial charge >= 0.3 is 5.97 Å². The van der Waals surface area contributed by atoms with Crippen molar-refractivity contribution < 1.29 is 9.90 Å². The van der Waals surface area contributed by atoms with E-state index in [1.807, 2.05) is 0 Å². The molecule has 82 valence electrons. The van der Waals surface area contributed by atoms with Crippen LogP contribution in [-0.2, 0) is 0 Å². The van der Waals surface area contributed by atoms with Gasteiger partial charge in [0.1, 0.15) is 4.60 Å². The molecule has 5 nitrogen and oxygen atoms in total. The van der Waals surface area contributed by atoms with Gasteiger partial charge in [0.25, 0.3) is 0 Å². The van der Waals surface area contributed by atoms with Crippen LogP contribution in [0, 0.1) is 0 Å². The van der Waals surface area contributed by atoms with Crippen LogP contribution in [0.3, 0.4) is 0 Å². The molecule has 0 atom stereocenters. The molecular formula is C10H8BrN3O2. The summed E-state index contributed by atoms with van der Waals surface area (Å²) in [6.07, 6.45) is 5.19. The summed E-state index contributed by atoms with van der Waals surface area (Å²) in [5.41, 5.74) is 1.73. The Morgan fingerprint density at radius 3 is 2.94 bits per heavy atom. The highest BCUT2D eigenvalue weighted by molar-refractivity contribution is 9.10. The Balaban J connectivity index is 2.34. The van der Waals surface area contributed by atoms with Gasteiger partial charge in [0.05, 0.1) is 18.0 Å². The van der Waals surface area contributed by atoms with Gasteiger partial charge in [0.15, 0.2) is 5.65 Å². The minimum absolute atomic E-state index is 0.271. The fourth-order valence-electron chi connectivity index (χ4n) is 1.87. The third kappa shape index (κ3) is 1.41. The molecule has 2 heterocycles. The lowest BCUT2D eigenvalue weighted by molar-refractivity contribution is 0.0695. The molecule has 3 rings (SSSR count). The number of aromatic nitrogens is 3. The maximum Gasteiger partial charge on any atom is 0.337 e. The van der Waals surface area contributed by atoms with Gasteiger partial charge < -0.3 is 5.11 Å². The van der Waals surface area contributed by atoms with E-state index in [9.17, 15) is 4.79 Å². The minimum Gasteiger partial charge on any atom is -0.478 e. The molecule has 0 amide bonds. The van der Waals surface area contributed by atoms with Crippen molar-refractivity contribution in [2.75, 3.05) is 0 Å². The summed E-state index contributed by atoms with van der Waals surface area (Å²) in [5, 5.41) is 13.2. The van der Waals surface area contributed by atoms with Crippen LogP contribution in [0.1, 0.15) is 34.7 Å². The van der Waals surface area contributed by atoms with Crippen LogP contribution >= 0.6 is 15.9 Å². The summed E-state index contributed by atoms with van der Waals surface area (Å²) in [4.78, 5) is 15.4. The van der Waals surface area contributed by atoms with E-state index >= 15 is 0 Å². The van der Waals surface area contributed by atoms with Gasteiger partial charge in [-0.15, -0.1) is 0 Å². The molecule has 1 saturated carbocycles. The number of rotatable bonds is 2. The number of carbonyl (C=O) groups is 1. The molecule has 0 radical (unpaired) electrons. The molecule has 0 aromatic carbocycles. The minimum atomic E-state index is -0.934. The number of hydrogen-bond donors (Lipinski definition) is 1. The maximum absolute atomic E-state index is 11.1. The van der Waals surface area contributed by atoms with Crippen molar-refractivity contribution in [3.05, 3.63) is 28.1 Å². The maximum atomic E-state index is 11.1. The van der Waals surface area contributed by atoms with Crippen LogP contribution in [0.5, 0.6) is 0 Å². The topological polar surface area (TPSA) is 67.5 Å². The van der Waals surface area contributed by atoms with Crippen molar-refractivity contribution in [2.24, 2.45) is 0 Å². The monoisotopic (exact) mass is 281 g/mol. The predicted molar refractivity (Wildman–Crippen MR) is 59.6 cm³/mol. The lowest BCUT2D eigenvalue weighted by Gasteiger charge is -2.04. The lowest BCUT2D eigenvalue weighted by atomic mass is 10.1. The van der Waals surface area contributed by atoms with Crippen molar-refractivity contribution in [2.45, 2.75) is 18.8 Å². The van der Waals surface area contributed by atoms with Crippen molar-refractivity contribution in [1.29, 1.82) is 0 Å². The van der Waals surface area contributed by atoms with Crippen molar-refractivity contribution >= 4 is 27.5 Å². The number of carboxylic acids is 1. The zero-order valence-corrected chi connectivity index (χ0v) is 9.81. The molecule has 1 aliphatic carbocycles. The molecule has 1 N–H and O–H groups in total. The first-order valence-corrected chi connectivity index (χ1v) is 5.73. The molecule has 0 bridgehead atoms. The molecule has 2 aromatic rings. The summed E-state index contributed by atoms with van der Waals surface area (Å²) in [7, 11) is 0. The summed E-state index contributed by atoms with van der Waals surface area (Å²) >= 11 is 3.27. The van der Waals surface area contributed by atoms with E-state index in [1.165, 1.54) is 6.20 Å². The van der Waals surface area contributed by atoms with E-state index in [2.05, 4.69) is 26.0 Å². The van der Waals surface area contributed by atoms with Crippen molar-refractivity contribution in [3.63, 3.8) is 0 Å². The van der Waals surface area contributed by atoms with Gasteiger partial charge in [-0.1, -0.05) is 0 Å². The van der Waals surface area contributed by atoms with E-state index in [1.54, 1.807) is 10.7 Å². The van der Waals surface area contributed by atoms with Crippen LogP contribution in [-0.4, -0.2) is 25.7 Å². The first-order chi connectivity index (χ1) is 7.66. The Hall–Kier alpha value is -1.43. The van der Waals surface area contributed by atoms with Crippen molar-refractivity contribution in [1.82, 2.24) is 14.6 Å². The number of halogens is 1. The van der Waals surface area contributed by atoms with Crippen LogP contribution in [0.2, 0.25) is 0 Å². The van der Waals surface area contributed by atoms with E-state index in [0.717, 1.165) is 18.4 Å². The second-order valence-electron chi connectivity index (χ2n) is 3.88. The van der Waals surface area contributed by atoms with Gasteiger partial charge in [0.2, 0.25) is 0 Å². The SMILES string of the molecule is O=C(O)c1cnn2cc(Br)nc2c1C1CC1. The van der Waals surface area contributed by atoms with E-state index in [-0.39, 0.29) is 5.56 Å². The van der Waals surface area contributed by atoms with Crippen LogP contribution < -0.4 is 0 Å². The Morgan fingerprint density at radius 1 is 1.56 bits per heavy atom. The van der Waals surface area contributed by atoms with Gasteiger partial charge in [-0.05, 0) is 34.7 Å². The Morgan fingerprint density at radius 2 is 2.31 bits per heavy atom. The Kier molecular flexibility index (Phi) is 2.00. The van der Waals surface area contributed by atoms with Crippen LogP contribution in [0.15, 0.2) is 17.0 Å². The molecule has 1 fully saturated rings. The molecule has 6 heteroatoms. The molecule has 0 unspecified atom stereocenters. The quantitative estimate of drug-likeness (QED) is 0.915. The Labute approximate surface area is 99.2 Å². The fraction of sp³-hybridized carbons (Fsp3) is 0.300. The standard InChI is InChI=1S/C10H8BrN3O2/c11-7-4-14-9(13-7)8(5-1-2-5)6(3-12-14)10(15)16/h3-5H,1-2H2,(H,15,16). The number of nitrogens with zero attached hydrogens (tertiary/aromatic N) is 3. The van der Waals surface area contributed by atoms with Gasteiger partial charge in [-0.2, -0.15) is 5.10 Å². The van der Waals surface area contributed by atoms with Crippen LogP contribution in [0.25, 0.3) is 5.65 Å². The normalized spacial score (nSPS) is 15.6. The second kappa shape index (κ2) is 3.28. The third-order valence-corrected chi connectivity index (χ3v) is 3.10. The number of carboxylic acid groups (broad SMARTS) is 1. The van der Waals surface area contributed by atoms with E-state index < -0.39 is 5.97 Å². The number of hydrogen-bond acceptors (Lipinski definition) is 3. The van der Waals surface area contributed by atoms with E-state index in [4.69, 9.17) is 5.11 Å². The number of aromatic carboxylic acids is 1. The van der Waals surface area contributed by atoms with Crippen LogP contribution in [0.4, 0.5) is 0 Å². The molecule has 0 spiro atoms. The number of fused-ring (bicyclic) bond motifs is 1. The van der Waals surface area contributed by atoms with E-state index in [0.29, 0.717) is 16.2 Å². The lowest BCUT2D eigenvalue weighted by Crippen LogP contribution is -2.06. The molecule has 0 aliphatic heterocycles. The van der Waals surface area contributed by atoms with Gasteiger partial charge in [0, 0.05) is 5.56 Å². The number of imidazole rings is 1. The zero-order chi connectivity index (χ0) is 11.3. The zero-order valence-electron chi connectivity index (χ0n) is 8.22. The predicted octanol–water partition coefficient (Wildman–Crippen LogP) is 2.07. The first-order valence-electron chi connectivity index (χ1n) is 4.94. The highest BCUT2D eigenvalue weighted by Crippen LogP contribution is 2.43. The fourth-order valence-corrected chi connectivity index (χ4v) is 2.23. The van der Waals surface area contributed by atoms with Gasteiger partial charge in [-0.25, -0.2) is 14.3 Å². The Bertz CT molecular complexity index is 589. The van der Waals surface area contributed by atoms with Crippen molar-refractivity contribution in [3.8, 4) is 0 Å². The average molecular weight is 282 g/mol. The summed E-state index contributed by atoms with van der Waals surface area (Å²) in [5.74, 6) is -0.609. The summed E-state index contributed by atoms with van der Waals surface area (Å²) in [6.45, 7) is 0. The molecule has 1 aliphatic rings. The molecular weight excluding hydrogens is 274 g/mol.